The summed E-state index contributed by atoms with van der Waals surface area (Å²) in [6, 6.07) is -1.91. The summed E-state index contributed by atoms with van der Waals surface area (Å²) in [5, 5.41) is 13.7. The number of carbonyl (C=O) groups excluding carboxylic acids is 2. The minimum absolute atomic E-state index is 0.0144. The number of hydrogen-bond acceptors (Lipinski definition) is 5. The first-order valence-electron chi connectivity index (χ1n) is 6.37. The molecule has 0 saturated heterocycles. The molecule has 0 aliphatic rings. The molecule has 2 amide bonds. The molecule has 0 aliphatic heterocycles. The van der Waals surface area contributed by atoms with Crippen molar-refractivity contribution in [1.29, 1.82) is 0 Å². The first-order valence-corrected chi connectivity index (χ1v) is 6.37. The molecule has 0 spiro atoms. The molecule has 0 heterocycles. The van der Waals surface area contributed by atoms with Gasteiger partial charge < -0.3 is 27.2 Å². The summed E-state index contributed by atoms with van der Waals surface area (Å²) in [6.45, 7) is 5.22. The number of carboxylic acid groups (broad SMARTS) is 1. The summed E-state index contributed by atoms with van der Waals surface area (Å²) in [4.78, 5) is 33.5. The van der Waals surface area contributed by atoms with Crippen molar-refractivity contribution in [2.45, 2.75) is 38.3 Å². The smallest absolute Gasteiger partial charge is 0.303 e. The quantitative estimate of drug-likeness (QED) is 0.356. The Labute approximate surface area is 123 Å². The van der Waals surface area contributed by atoms with Crippen LogP contribution in [0.1, 0.15) is 26.2 Å². The van der Waals surface area contributed by atoms with E-state index in [0.717, 1.165) is 5.57 Å². The molecule has 0 aliphatic carbocycles. The zero-order valence-electron chi connectivity index (χ0n) is 12.0. The highest BCUT2D eigenvalue weighted by molar-refractivity contribution is 5.89. The van der Waals surface area contributed by atoms with Crippen LogP contribution in [0.2, 0.25) is 0 Å². The Kier molecular flexibility index (Phi) is 8.47. The lowest BCUT2D eigenvalue weighted by atomic mass is 10.1. The predicted octanol–water partition coefficient (Wildman–Crippen LogP) is -0.824. The Morgan fingerprint density at radius 3 is 2.48 bits per heavy atom. The molecule has 118 valence electrons. The van der Waals surface area contributed by atoms with Gasteiger partial charge in [0.1, 0.15) is 6.04 Å². The maximum Gasteiger partial charge on any atom is 0.303 e. The molecule has 21 heavy (non-hydrogen) atoms. The summed E-state index contributed by atoms with van der Waals surface area (Å²) in [5.41, 5.74) is 11.6. The van der Waals surface area contributed by atoms with Crippen molar-refractivity contribution in [3.63, 3.8) is 0 Å². The first kappa shape index (κ1) is 18.7. The van der Waals surface area contributed by atoms with Crippen LogP contribution in [0.3, 0.4) is 0 Å². The maximum atomic E-state index is 11.8. The van der Waals surface area contributed by atoms with Gasteiger partial charge in [0, 0.05) is 6.42 Å². The second-order valence-electron chi connectivity index (χ2n) is 4.57. The lowest BCUT2D eigenvalue weighted by molar-refractivity contribution is -0.137. The van der Waals surface area contributed by atoms with Gasteiger partial charge in [-0.1, -0.05) is 12.2 Å². The van der Waals surface area contributed by atoms with Crippen LogP contribution < -0.4 is 22.1 Å². The number of nitrogens with one attached hydrogen (secondary N) is 2. The van der Waals surface area contributed by atoms with Crippen molar-refractivity contribution < 1.29 is 19.5 Å². The molecule has 2 atom stereocenters. The standard InChI is InChI=1S/C13H22N4O4/c1-3-16-7-8(2)6-10(12(15)20)17-13(21)9(14)4-5-11(18)19/h3,7,9-10,16H,1,4-6,14H2,2H3,(H2,15,20)(H,17,21)(H,18,19)/b8-7+. The number of nitrogens with two attached hydrogens (primary N) is 2. The second-order valence-corrected chi connectivity index (χ2v) is 4.57. The van der Waals surface area contributed by atoms with E-state index in [1.165, 1.54) is 6.20 Å². The monoisotopic (exact) mass is 298 g/mol. The second kappa shape index (κ2) is 9.54. The summed E-state index contributed by atoms with van der Waals surface area (Å²) in [6.07, 6.45) is 3.06. The molecule has 2 unspecified atom stereocenters. The molecule has 7 N–H and O–H groups in total. The van der Waals surface area contributed by atoms with Gasteiger partial charge in [0.05, 0.1) is 6.04 Å². The van der Waals surface area contributed by atoms with Gasteiger partial charge >= 0.3 is 5.97 Å². The van der Waals surface area contributed by atoms with Gasteiger partial charge in [-0.2, -0.15) is 0 Å². The fourth-order valence-corrected chi connectivity index (χ4v) is 1.49. The van der Waals surface area contributed by atoms with E-state index in [1.807, 2.05) is 0 Å². The third kappa shape index (κ3) is 8.43. The number of carbonyl (C=O) groups is 3. The highest BCUT2D eigenvalue weighted by Crippen LogP contribution is 2.05. The lowest BCUT2D eigenvalue weighted by Crippen LogP contribution is -2.50. The van der Waals surface area contributed by atoms with Crippen LogP contribution in [0.15, 0.2) is 24.6 Å². The molecule has 0 aromatic heterocycles. The Bertz CT molecular complexity index is 434. The molecule has 0 bridgehead atoms. The number of primary amides is 1. The molecule has 0 aromatic rings. The van der Waals surface area contributed by atoms with Crippen LogP contribution in [0.4, 0.5) is 0 Å². The molecule has 0 rings (SSSR count). The van der Waals surface area contributed by atoms with Crippen molar-refractivity contribution in [2.75, 3.05) is 0 Å². The van der Waals surface area contributed by atoms with E-state index in [-0.39, 0.29) is 19.3 Å². The Hall–Kier alpha value is -2.35. The fourth-order valence-electron chi connectivity index (χ4n) is 1.49. The van der Waals surface area contributed by atoms with Gasteiger partial charge in [-0.05, 0) is 32.2 Å². The van der Waals surface area contributed by atoms with Gasteiger partial charge in [-0.25, -0.2) is 0 Å². The van der Waals surface area contributed by atoms with Crippen molar-refractivity contribution in [1.82, 2.24) is 10.6 Å². The van der Waals surface area contributed by atoms with Gasteiger partial charge in [0.25, 0.3) is 0 Å². The molecule has 0 fully saturated rings. The van der Waals surface area contributed by atoms with Gasteiger partial charge in [-0.15, -0.1) is 0 Å². The number of aliphatic carboxylic acids is 1. The summed E-state index contributed by atoms with van der Waals surface area (Å²) >= 11 is 0. The topological polar surface area (TPSA) is 148 Å². The van der Waals surface area contributed by atoms with E-state index in [2.05, 4.69) is 17.2 Å². The molecule has 0 saturated carbocycles. The summed E-state index contributed by atoms with van der Waals surface area (Å²) in [7, 11) is 0. The number of hydrogen-bond donors (Lipinski definition) is 5. The van der Waals surface area contributed by atoms with Crippen LogP contribution in [0, 0.1) is 0 Å². The maximum absolute atomic E-state index is 11.8. The van der Waals surface area contributed by atoms with Crippen molar-refractivity contribution in [3.05, 3.63) is 24.6 Å². The van der Waals surface area contributed by atoms with Crippen LogP contribution >= 0.6 is 0 Å². The van der Waals surface area contributed by atoms with Crippen LogP contribution in [-0.4, -0.2) is 35.0 Å². The van der Waals surface area contributed by atoms with Crippen molar-refractivity contribution in [3.8, 4) is 0 Å². The third-order valence-corrected chi connectivity index (χ3v) is 2.64. The molecule has 0 aromatic carbocycles. The summed E-state index contributed by atoms with van der Waals surface area (Å²) in [5.74, 6) is -2.34. The molecule has 0 radical (unpaired) electrons. The number of carboxylic acids is 1. The SMILES string of the molecule is C=CN/C=C(\C)CC(NC(=O)C(N)CCC(=O)O)C(N)=O. The zero-order valence-corrected chi connectivity index (χ0v) is 12.0. The highest BCUT2D eigenvalue weighted by Gasteiger charge is 2.22. The average molecular weight is 298 g/mol. The van der Waals surface area contributed by atoms with Gasteiger partial charge in [-0.3, -0.25) is 14.4 Å². The minimum atomic E-state index is -1.04. The van der Waals surface area contributed by atoms with Gasteiger partial charge in [0.15, 0.2) is 0 Å². The minimum Gasteiger partial charge on any atom is -0.481 e. The number of rotatable bonds is 10. The largest absolute Gasteiger partial charge is 0.481 e. The number of amides is 2. The van der Waals surface area contributed by atoms with E-state index in [0.29, 0.717) is 0 Å². The Balaban J connectivity index is 4.56. The van der Waals surface area contributed by atoms with Crippen molar-refractivity contribution in [2.24, 2.45) is 11.5 Å². The van der Waals surface area contributed by atoms with Crippen LogP contribution in [0.25, 0.3) is 0 Å². The van der Waals surface area contributed by atoms with E-state index in [9.17, 15) is 14.4 Å². The van der Waals surface area contributed by atoms with Crippen molar-refractivity contribution >= 4 is 17.8 Å². The lowest BCUT2D eigenvalue weighted by Gasteiger charge is -2.18. The first-order chi connectivity index (χ1) is 9.77. The molecular weight excluding hydrogens is 276 g/mol. The predicted molar refractivity (Wildman–Crippen MR) is 77.7 cm³/mol. The Morgan fingerprint density at radius 1 is 1.38 bits per heavy atom. The third-order valence-electron chi connectivity index (χ3n) is 2.64. The normalized spacial score (nSPS) is 13.9. The van der Waals surface area contributed by atoms with Crippen LogP contribution in [0.5, 0.6) is 0 Å². The van der Waals surface area contributed by atoms with Crippen LogP contribution in [-0.2, 0) is 14.4 Å². The Morgan fingerprint density at radius 2 is 2.00 bits per heavy atom. The zero-order chi connectivity index (χ0) is 16.4. The average Bonchev–Trinajstić information content (AvgIpc) is 2.41. The highest BCUT2D eigenvalue weighted by atomic mass is 16.4. The molecular formula is C13H22N4O4. The molecule has 8 heteroatoms. The molecule has 8 nitrogen and oxygen atoms in total. The fraction of sp³-hybridized carbons (Fsp3) is 0.462. The van der Waals surface area contributed by atoms with E-state index in [1.54, 1.807) is 13.1 Å². The van der Waals surface area contributed by atoms with E-state index < -0.39 is 29.9 Å². The van der Waals surface area contributed by atoms with E-state index >= 15 is 0 Å². The summed E-state index contributed by atoms with van der Waals surface area (Å²) < 4.78 is 0. The van der Waals surface area contributed by atoms with Gasteiger partial charge in [0.2, 0.25) is 11.8 Å². The van der Waals surface area contributed by atoms with E-state index in [4.69, 9.17) is 16.6 Å².